The highest BCUT2D eigenvalue weighted by Gasteiger charge is 2.54. The molecule has 0 aromatic heterocycles. The average molecular weight is 1560 g/mol. The summed E-state index contributed by atoms with van der Waals surface area (Å²) in [6, 6.07) is -0.983. The molecule has 3 saturated heterocycles. The van der Waals surface area contributed by atoms with Gasteiger partial charge in [-0.25, -0.2) is 0 Å². The van der Waals surface area contributed by atoms with Crippen molar-refractivity contribution >= 4 is 5.91 Å². The topological polar surface area (TPSA) is 307 Å². The molecule has 0 aliphatic carbocycles. The van der Waals surface area contributed by atoms with Crippen molar-refractivity contribution in [3.05, 3.63) is 109 Å². The van der Waals surface area contributed by atoms with Gasteiger partial charge in [0.2, 0.25) is 5.91 Å². The summed E-state index contributed by atoms with van der Waals surface area (Å²) in [4.78, 5) is 13.5. The number of ether oxygens (including phenoxy) is 6. The van der Waals surface area contributed by atoms with E-state index in [2.05, 4.69) is 116 Å². The van der Waals surface area contributed by atoms with Gasteiger partial charge in [0.15, 0.2) is 18.9 Å². The summed E-state index contributed by atoms with van der Waals surface area (Å²) < 4.78 is 34.5. The fraction of sp³-hybridized carbons (Fsp3) is 0.791. The summed E-state index contributed by atoms with van der Waals surface area (Å²) >= 11 is 0. The van der Waals surface area contributed by atoms with Gasteiger partial charge in [-0.2, -0.15) is 0 Å². The molecule has 636 valence electrons. The third kappa shape index (κ3) is 48.1. The van der Waals surface area contributed by atoms with Crippen LogP contribution in [0.5, 0.6) is 0 Å². The molecule has 3 rings (SSSR count). The van der Waals surface area contributed by atoms with Crippen LogP contribution < -0.4 is 5.32 Å². The second-order valence-electron chi connectivity index (χ2n) is 31.0. The van der Waals surface area contributed by atoms with E-state index >= 15 is 0 Å². The first-order chi connectivity index (χ1) is 53.8. The lowest BCUT2D eigenvalue weighted by atomic mass is 9.96. The molecular weight excluding hydrogens is 1390 g/mol. The molecule has 0 bridgehead atoms. The van der Waals surface area contributed by atoms with Crippen LogP contribution in [0.2, 0.25) is 0 Å². The highest BCUT2D eigenvalue weighted by atomic mass is 16.8. The average Bonchev–Trinajstić information content (AvgIpc) is 0.784. The molecule has 0 aromatic carbocycles. The molecule has 12 N–H and O–H groups in total. The second kappa shape index (κ2) is 69.7. The van der Waals surface area contributed by atoms with Crippen LogP contribution in [-0.4, -0.2) is 193 Å². The van der Waals surface area contributed by atoms with Crippen molar-refractivity contribution in [2.24, 2.45) is 0 Å². The van der Waals surface area contributed by atoms with E-state index in [4.69, 9.17) is 28.4 Å². The monoisotopic (exact) mass is 1550 g/mol. The van der Waals surface area contributed by atoms with Crippen LogP contribution in [0.25, 0.3) is 0 Å². The van der Waals surface area contributed by atoms with E-state index in [-0.39, 0.29) is 18.9 Å². The smallest absolute Gasteiger partial charge is 0.220 e. The molecule has 3 aliphatic rings. The largest absolute Gasteiger partial charge is 0.394 e. The van der Waals surface area contributed by atoms with Crippen LogP contribution in [0.15, 0.2) is 109 Å². The Labute approximate surface area is 665 Å². The van der Waals surface area contributed by atoms with E-state index in [1.807, 2.05) is 6.08 Å². The molecule has 19 heteroatoms. The van der Waals surface area contributed by atoms with E-state index in [1.54, 1.807) is 6.08 Å². The van der Waals surface area contributed by atoms with Crippen LogP contribution >= 0.6 is 0 Å². The summed E-state index contributed by atoms with van der Waals surface area (Å²) in [5, 5.41) is 121. The maximum absolute atomic E-state index is 13.5. The molecule has 110 heavy (non-hydrogen) atoms. The van der Waals surface area contributed by atoms with Crippen LogP contribution in [0.3, 0.4) is 0 Å². The summed E-state index contributed by atoms with van der Waals surface area (Å²) in [6.07, 6.45) is 70.7. The van der Waals surface area contributed by atoms with Crippen molar-refractivity contribution in [1.82, 2.24) is 5.32 Å². The van der Waals surface area contributed by atoms with Crippen LogP contribution in [0, 0.1) is 0 Å². The Bertz CT molecular complexity index is 2410. The molecule has 0 spiro atoms. The van der Waals surface area contributed by atoms with E-state index in [0.717, 1.165) is 109 Å². The number of amides is 1. The molecule has 3 fully saturated rings. The fourth-order valence-electron chi connectivity index (χ4n) is 14.3. The van der Waals surface area contributed by atoms with Crippen LogP contribution in [0.4, 0.5) is 0 Å². The van der Waals surface area contributed by atoms with Gasteiger partial charge >= 0.3 is 0 Å². The molecule has 19 nitrogen and oxygen atoms in total. The third-order valence-corrected chi connectivity index (χ3v) is 21.3. The van der Waals surface area contributed by atoms with E-state index in [1.165, 1.54) is 193 Å². The number of carbonyl (C=O) groups excluding carboxylic acids is 1. The van der Waals surface area contributed by atoms with Gasteiger partial charge in [0.1, 0.15) is 73.2 Å². The fourth-order valence-corrected chi connectivity index (χ4v) is 14.3. The Hall–Kier alpha value is -3.55. The van der Waals surface area contributed by atoms with Gasteiger partial charge in [0.05, 0.1) is 38.6 Å². The standard InChI is InChI=1S/C91H159NO18/c1-3-5-7-9-11-13-15-17-19-21-23-25-27-29-31-33-34-35-36-37-38-39-40-41-43-45-47-49-51-53-55-57-59-61-63-65-67-69-79(97)92-74(75(96)68-66-64-62-60-58-56-54-52-50-48-46-44-42-32-30-28-26-24-22-20-18-16-14-12-10-8-6-4-2)73-105-89-85(103)82(100)87(77(71-94)107-89)110-91-86(104)83(101)88(78(72-95)108-91)109-90-84(102)81(99)80(98)76(70-93)106-90/h5,7,11,13,17,19,23,25,29,31,34-35,37-38,40-41,66,68,74-78,80-91,93-96,98-104H,3-4,6,8-10,12,14-16,18,20-22,24,26-28,30,32-33,36,39,42-65,67,69-73H2,1-2H3,(H,92,97)/b7-5-,13-11-,19-17-,25-23-,31-29-,35-34-,38-37-,41-40-,68-66+. The predicted octanol–water partition coefficient (Wildman–Crippen LogP) is 16.5. The van der Waals surface area contributed by atoms with Gasteiger partial charge in [-0.05, 0) is 83.5 Å². The zero-order valence-corrected chi connectivity index (χ0v) is 68.5. The molecule has 3 heterocycles. The Morgan fingerprint density at radius 2 is 0.627 bits per heavy atom. The van der Waals surface area contributed by atoms with Crippen LogP contribution in [0.1, 0.15) is 328 Å². The Morgan fingerprint density at radius 3 is 0.982 bits per heavy atom. The van der Waals surface area contributed by atoms with E-state index in [0.29, 0.717) is 6.42 Å². The minimum Gasteiger partial charge on any atom is -0.394 e. The summed E-state index contributed by atoms with van der Waals surface area (Å²) in [5.74, 6) is -0.278. The Balaban J connectivity index is 1.34. The molecular formula is C91H159NO18. The lowest BCUT2D eigenvalue weighted by Crippen LogP contribution is -2.66. The first kappa shape index (κ1) is 101. The van der Waals surface area contributed by atoms with Crippen molar-refractivity contribution in [1.29, 1.82) is 0 Å². The Morgan fingerprint density at radius 1 is 0.336 bits per heavy atom. The maximum atomic E-state index is 13.5. The van der Waals surface area contributed by atoms with Gasteiger partial charge in [0.25, 0.3) is 0 Å². The molecule has 17 atom stereocenters. The zero-order valence-electron chi connectivity index (χ0n) is 68.5. The zero-order chi connectivity index (χ0) is 79.5. The van der Waals surface area contributed by atoms with Gasteiger partial charge in [0, 0.05) is 6.42 Å². The molecule has 1 amide bonds. The number of unbranched alkanes of at least 4 members (excludes halogenated alkanes) is 38. The van der Waals surface area contributed by atoms with Crippen LogP contribution in [-0.2, 0) is 33.2 Å². The van der Waals surface area contributed by atoms with Crippen molar-refractivity contribution in [2.45, 2.75) is 433 Å². The quantitative estimate of drug-likeness (QED) is 0.0199. The third-order valence-electron chi connectivity index (χ3n) is 21.3. The van der Waals surface area contributed by atoms with E-state index < -0.39 is 124 Å². The number of nitrogens with one attached hydrogen (secondary N) is 1. The normalized spacial score (nSPS) is 25.7. The highest BCUT2D eigenvalue weighted by molar-refractivity contribution is 5.76. The predicted molar refractivity (Wildman–Crippen MR) is 443 cm³/mol. The molecule has 3 aliphatic heterocycles. The van der Waals surface area contributed by atoms with Crippen molar-refractivity contribution in [2.75, 3.05) is 26.4 Å². The number of aliphatic hydroxyl groups is 11. The minimum absolute atomic E-state index is 0.236. The second-order valence-corrected chi connectivity index (χ2v) is 31.0. The Kier molecular flexibility index (Phi) is 63.8. The van der Waals surface area contributed by atoms with Gasteiger partial charge in [-0.3, -0.25) is 4.79 Å². The number of rotatable bonds is 70. The molecule has 17 unspecified atom stereocenters. The van der Waals surface area contributed by atoms with Gasteiger partial charge in [-0.15, -0.1) is 0 Å². The number of hydrogen-bond acceptors (Lipinski definition) is 18. The lowest BCUT2D eigenvalue weighted by molar-refractivity contribution is -0.379. The van der Waals surface area contributed by atoms with Crippen molar-refractivity contribution in [3.63, 3.8) is 0 Å². The SMILES string of the molecule is CC/C=C\C/C=C\C/C=C\C/C=C\C/C=C\C/C=C\C/C=C\C/C=C\CCCCCCCCCCCCCCC(=O)NC(COC1OC(CO)C(OC2OC(CO)C(OC3OC(CO)C(O)C(O)C3O)C(O)C2O)C(O)C1O)C(O)/C=C/CCCCCCCCCCCCCCCCCCCCCCCCCCCC. The summed E-state index contributed by atoms with van der Waals surface area (Å²) in [5.41, 5.74) is 0. The number of aliphatic hydroxyl groups excluding tert-OH is 11. The first-order valence-corrected chi connectivity index (χ1v) is 44.1. The first-order valence-electron chi connectivity index (χ1n) is 44.1. The van der Waals surface area contributed by atoms with Crippen molar-refractivity contribution < 1.29 is 89.4 Å². The summed E-state index contributed by atoms with van der Waals surface area (Å²) in [6.45, 7) is 1.66. The summed E-state index contributed by atoms with van der Waals surface area (Å²) in [7, 11) is 0. The maximum Gasteiger partial charge on any atom is 0.220 e. The highest BCUT2D eigenvalue weighted by Crippen LogP contribution is 2.33. The molecule has 0 radical (unpaired) electrons. The number of hydrogen-bond donors (Lipinski definition) is 12. The number of carbonyl (C=O) groups is 1. The molecule has 0 saturated carbocycles. The minimum atomic E-state index is -1.98. The molecule has 0 aromatic rings. The van der Waals surface area contributed by atoms with Gasteiger partial charge < -0.3 is 89.9 Å². The lowest BCUT2D eigenvalue weighted by Gasteiger charge is -2.48. The number of allylic oxidation sites excluding steroid dienone is 17. The van der Waals surface area contributed by atoms with Crippen molar-refractivity contribution in [3.8, 4) is 0 Å². The van der Waals surface area contributed by atoms with Gasteiger partial charge in [-0.1, -0.05) is 348 Å². The van der Waals surface area contributed by atoms with E-state index in [9.17, 15) is 61.0 Å².